The predicted molar refractivity (Wildman–Crippen MR) is 94.2 cm³/mol. The summed E-state index contributed by atoms with van der Waals surface area (Å²) in [5.74, 6) is 0.820. The van der Waals surface area contributed by atoms with Gasteiger partial charge < -0.3 is 4.74 Å². The molecule has 2 nitrogen and oxygen atoms in total. The van der Waals surface area contributed by atoms with Crippen molar-refractivity contribution in [2.45, 2.75) is 57.8 Å². The summed E-state index contributed by atoms with van der Waals surface area (Å²) in [7, 11) is 0. The number of benzene rings is 1. The van der Waals surface area contributed by atoms with Gasteiger partial charge in [0.05, 0.1) is 12.7 Å². The van der Waals surface area contributed by atoms with E-state index in [9.17, 15) is 0 Å². The van der Waals surface area contributed by atoms with E-state index >= 15 is 0 Å². The molecule has 1 aromatic rings. The minimum Gasteiger partial charge on any atom is -0.374 e. The molecule has 2 heterocycles. The van der Waals surface area contributed by atoms with Crippen molar-refractivity contribution in [1.29, 1.82) is 0 Å². The molecule has 4 rings (SSSR count). The van der Waals surface area contributed by atoms with Gasteiger partial charge in [-0.1, -0.05) is 49.4 Å². The van der Waals surface area contributed by atoms with Crippen LogP contribution < -0.4 is 0 Å². The van der Waals surface area contributed by atoms with Gasteiger partial charge in [0, 0.05) is 12.6 Å². The van der Waals surface area contributed by atoms with Crippen molar-refractivity contribution in [2.24, 2.45) is 11.3 Å². The third-order valence-corrected chi connectivity index (χ3v) is 6.55. The molecule has 0 amide bonds. The van der Waals surface area contributed by atoms with Crippen molar-refractivity contribution in [2.75, 3.05) is 13.1 Å². The second kappa shape index (κ2) is 6.41. The van der Waals surface area contributed by atoms with Crippen LogP contribution in [0.4, 0.5) is 0 Å². The van der Waals surface area contributed by atoms with Gasteiger partial charge in [-0.2, -0.15) is 0 Å². The lowest BCUT2D eigenvalue weighted by atomic mass is 9.59. The molecule has 23 heavy (non-hydrogen) atoms. The van der Waals surface area contributed by atoms with E-state index in [1.54, 1.807) is 0 Å². The molecule has 1 aromatic carbocycles. The number of ether oxygens (including phenoxy) is 1. The first kappa shape index (κ1) is 15.4. The first-order chi connectivity index (χ1) is 11.3. The van der Waals surface area contributed by atoms with E-state index in [4.69, 9.17) is 4.74 Å². The second-order valence-electron chi connectivity index (χ2n) is 7.88. The molecule has 3 aliphatic rings. The van der Waals surface area contributed by atoms with Gasteiger partial charge in [-0.3, -0.25) is 4.90 Å². The average molecular weight is 311 g/mol. The van der Waals surface area contributed by atoms with Gasteiger partial charge in [0.25, 0.3) is 0 Å². The van der Waals surface area contributed by atoms with Gasteiger partial charge in [-0.05, 0) is 55.5 Å². The molecule has 0 radical (unpaired) electrons. The highest BCUT2D eigenvalue weighted by atomic mass is 16.5. The number of hydrogen-bond donors (Lipinski definition) is 0. The van der Waals surface area contributed by atoms with Crippen LogP contribution in [0.15, 0.2) is 42.5 Å². The highest BCUT2D eigenvalue weighted by molar-refractivity contribution is 5.14. The van der Waals surface area contributed by atoms with E-state index in [0.717, 1.165) is 12.5 Å². The molecule has 1 saturated heterocycles. The quantitative estimate of drug-likeness (QED) is 0.767. The first-order valence-corrected chi connectivity index (χ1v) is 9.32. The summed E-state index contributed by atoms with van der Waals surface area (Å²) in [5, 5.41) is 0. The number of nitrogens with zero attached hydrogens (tertiary/aromatic N) is 1. The summed E-state index contributed by atoms with van der Waals surface area (Å²) in [6, 6.07) is 11.3. The minimum absolute atomic E-state index is 0.451. The predicted octanol–water partition coefficient (Wildman–Crippen LogP) is 4.41. The van der Waals surface area contributed by atoms with Crippen molar-refractivity contribution in [3.8, 4) is 0 Å². The molecule has 1 saturated carbocycles. The topological polar surface area (TPSA) is 12.5 Å². The molecule has 2 aliphatic heterocycles. The summed E-state index contributed by atoms with van der Waals surface area (Å²) in [6.45, 7) is 5.85. The Labute approximate surface area is 140 Å². The highest BCUT2D eigenvalue weighted by Gasteiger charge is 2.49. The summed E-state index contributed by atoms with van der Waals surface area (Å²) in [5.41, 5.74) is 1.76. The van der Waals surface area contributed by atoms with Crippen LogP contribution in [0.5, 0.6) is 0 Å². The molecule has 1 aliphatic carbocycles. The Balaban J connectivity index is 1.40. The molecule has 124 valence electrons. The van der Waals surface area contributed by atoms with Gasteiger partial charge >= 0.3 is 0 Å². The van der Waals surface area contributed by atoms with Crippen LogP contribution >= 0.6 is 0 Å². The van der Waals surface area contributed by atoms with Gasteiger partial charge in [0.15, 0.2) is 0 Å². The standard InChI is InChI=1S/C21H29NO/c1-21-12-10-19(23-16-17-7-3-2-4-8-17)15-18(21)11-14-22-13-6-5-9-20(21)22/h2-5,7-9,18-20H,6,10-16H2,1H3/t18-,19-,20+,21-/m0/s1. The fourth-order valence-corrected chi connectivity index (χ4v) is 5.09. The second-order valence-corrected chi connectivity index (χ2v) is 7.88. The Hall–Kier alpha value is -1.12. The van der Waals surface area contributed by atoms with Crippen LogP contribution in [0, 0.1) is 11.3 Å². The lowest BCUT2D eigenvalue weighted by Crippen LogP contribution is -2.57. The van der Waals surface area contributed by atoms with E-state index in [0.29, 0.717) is 17.6 Å². The van der Waals surface area contributed by atoms with E-state index < -0.39 is 0 Å². The van der Waals surface area contributed by atoms with Crippen molar-refractivity contribution >= 4 is 0 Å². The summed E-state index contributed by atoms with van der Waals surface area (Å²) in [4.78, 5) is 2.72. The molecular formula is C21H29NO. The van der Waals surface area contributed by atoms with Gasteiger partial charge in [-0.25, -0.2) is 0 Å². The third-order valence-electron chi connectivity index (χ3n) is 6.55. The van der Waals surface area contributed by atoms with Crippen LogP contribution in [0.25, 0.3) is 0 Å². The molecule has 0 aromatic heterocycles. The molecule has 0 N–H and O–H groups in total. The maximum absolute atomic E-state index is 6.27. The lowest BCUT2D eigenvalue weighted by molar-refractivity contribution is -0.0887. The molecule has 0 spiro atoms. The third kappa shape index (κ3) is 2.99. The number of hydrogen-bond acceptors (Lipinski definition) is 2. The maximum atomic E-state index is 6.27. The molecule has 4 atom stereocenters. The van der Waals surface area contributed by atoms with E-state index in [1.807, 2.05) is 0 Å². The monoisotopic (exact) mass is 311 g/mol. The normalized spacial score (nSPS) is 37.2. The van der Waals surface area contributed by atoms with E-state index in [-0.39, 0.29) is 0 Å². The SMILES string of the molecule is C[C@]12CC[C@H](OCc3ccccc3)C[C@@H]1CCN1CCC=C[C@@H]12. The Morgan fingerprint density at radius 3 is 2.91 bits per heavy atom. The van der Waals surface area contributed by atoms with Crippen molar-refractivity contribution in [3.63, 3.8) is 0 Å². The van der Waals surface area contributed by atoms with Gasteiger partial charge in [-0.15, -0.1) is 0 Å². The largest absolute Gasteiger partial charge is 0.374 e. The van der Waals surface area contributed by atoms with Crippen molar-refractivity contribution in [3.05, 3.63) is 48.0 Å². The number of fused-ring (bicyclic) bond motifs is 3. The molecule has 0 unspecified atom stereocenters. The first-order valence-electron chi connectivity index (χ1n) is 9.32. The zero-order valence-corrected chi connectivity index (χ0v) is 14.3. The molecule has 2 fully saturated rings. The van der Waals surface area contributed by atoms with Crippen LogP contribution in [0.2, 0.25) is 0 Å². The van der Waals surface area contributed by atoms with Crippen molar-refractivity contribution < 1.29 is 4.74 Å². The highest BCUT2D eigenvalue weighted by Crippen LogP contribution is 2.51. The number of piperidine rings is 1. The average Bonchev–Trinajstić information content (AvgIpc) is 2.61. The molecular weight excluding hydrogens is 282 g/mol. The van der Waals surface area contributed by atoms with Gasteiger partial charge in [0.1, 0.15) is 0 Å². The van der Waals surface area contributed by atoms with Crippen LogP contribution in [0.1, 0.15) is 44.6 Å². The Kier molecular flexibility index (Phi) is 4.29. The summed E-state index contributed by atoms with van der Waals surface area (Å²) >= 11 is 0. The van der Waals surface area contributed by atoms with E-state index in [2.05, 4.69) is 54.3 Å². The van der Waals surface area contributed by atoms with Crippen LogP contribution in [-0.2, 0) is 11.3 Å². The van der Waals surface area contributed by atoms with Crippen LogP contribution in [-0.4, -0.2) is 30.1 Å². The summed E-state index contributed by atoms with van der Waals surface area (Å²) < 4.78 is 6.27. The summed E-state index contributed by atoms with van der Waals surface area (Å²) in [6.07, 6.45) is 11.7. The Bertz CT molecular complexity index is 554. The molecule has 2 heteroatoms. The Morgan fingerprint density at radius 2 is 2.04 bits per heavy atom. The minimum atomic E-state index is 0.451. The zero-order valence-electron chi connectivity index (χ0n) is 14.3. The number of rotatable bonds is 3. The van der Waals surface area contributed by atoms with Crippen LogP contribution in [0.3, 0.4) is 0 Å². The van der Waals surface area contributed by atoms with Crippen molar-refractivity contribution in [1.82, 2.24) is 4.90 Å². The van der Waals surface area contributed by atoms with Gasteiger partial charge in [0.2, 0.25) is 0 Å². The van der Waals surface area contributed by atoms with E-state index in [1.165, 1.54) is 50.8 Å². The molecule has 0 bridgehead atoms. The fourth-order valence-electron chi connectivity index (χ4n) is 5.09. The fraction of sp³-hybridized carbons (Fsp3) is 0.619. The maximum Gasteiger partial charge on any atom is 0.0720 e. The Morgan fingerprint density at radius 1 is 1.17 bits per heavy atom. The lowest BCUT2D eigenvalue weighted by Gasteiger charge is -2.56. The zero-order chi connectivity index (χ0) is 15.7. The smallest absolute Gasteiger partial charge is 0.0720 e.